The Morgan fingerprint density at radius 1 is 1.25 bits per heavy atom. The lowest BCUT2D eigenvalue weighted by molar-refractivity contribution is -0.139. The number of esters is 1. The fourth-order valence-electron chi connectivity index (χ4n) is 3.61. The van der Waals surface area contributed by atoms with Crippen LogP contribution in [-0.4, -0.2) is 23.2 Å². The molecule has 8 heteroatoms. The Balaban J connectivity index is 1.89. The first kappa shape index (κ1) is 22.2. The van der Waals surface area contributed by atoms with Gasteiger partial charge in [-0.3, -0.25) is 9.36 Å². The molecular formula is C24H24N2O4S2. The van der Waals surface area contributed by atoms with E-state index in [0.717, 1.165) is 16.2 Å². The second-order valence-electron chi connectivity index (χ2n) is 7.55. The van der Waals surface area contributed by atoms with Crippen LogP contribution < -0.4 is 19.6 Å². The number of thiazole rings is 1. The van der Waals surface area contributed by atoms with Gasteiger partial charge >= 0.3 is 5.97 Å². The number of nitrogens with zero attached hydrogens (tertiary/aromatic N) is 2. The Bertz CT molecular complexity index is 1330. The molecule has 3 heterocycles. The Hall–Kier alpha value is -2.97. The molecule has 3 aromatic rings. The highest BCUT2D eigenvalue weighted by Gasteiger charge is 2.33. The minimum atomic E-state index is -0.621. The lowest BCUT2D eigenvalue weighted by Crippen LogP contribution is -2.39. The van der Waals surface area contributed by atoms with Gasteiger partial charge in [-0.2, -0.15) is 0 Å². The van der Waals surface area contributed by atoms with Crippen molar-refractivity contribution < 1.29 is 14.3 Å². The third-order valence-corrected chi connectivity index (χ3v) is 6.70. The molecule has 0 saturated carbocycles. The van der Waals surface area contributed by atoms with E-state index in [1.165, 1.54) is 11.3 Å². The molecule has 32 heavy (non-hydrogen) atoms. The Morgan fingerprint density at radius 3 is 2.62 bits per heavy atom. The van der Waals surface area contributed by atoms with Gasteiger partial charge in [0.05, 0.1) is 34.6 Å². The summed E-state index contributed by atoms with van der Waals surface area (Å²) in [6.07, 6.45) is 1.92. The zero-order valence-electron chi connectivity index (χ0n) is 18.3. The average Bonchev–Trinajstić information content (AvgIpc) is 3.36. The molecule has 0 saturated heterocycles. The predicted molar refractivity (Wildman–Crippen MR) is 127 cm³/mol. The maximum Gasteiger partial charge on any atom is 0.338 e. The summed E-state index contributed by atoms with van der Waals surface area (Å²) in [5.74, 6) is 0.265. The number of thiophene rings is 1. The zero-order chi connectivity index (χ0) is 22.8. The Kier molecular flexibility index (Phi) is 6.43. The fraction of sp³-hybridized carbons (Fsp3) is 0.292. The number of carbonyl (C=O) groups is 1. The van der Waals surface area contributed by atoms with Crippen molar-refractivity contribution in [3.63, 3.8) is 0 Å². The molecule has 1 aliphatic rings. The van der Waals surface area contributed by atoms with Gasteiger partial charge < -0.3 is 9.47 Å². The van der Waals surface area contributed by atoms with Crippen LogP contribution in [-0.2, 0) is 9.53 Å². The molecule has 0 bridgehead atoms. The maximum absolute atomic E-state index is 13.5. The molecule has 6 nitrogen and oxygen atoms in total. The first-order chi connectivity index (χ1) is 15.4. The van der Waals surface area contributed by atoms with Crippen LogP contribution in [0, 0.1) is 0 Å². The lowest BCUT2D eigenvalue weighted by Gasteiger charge is -2.25. The fourth-order valence-corrected chi connectivity index (χ4v) is 5.38. The normalized spacial score (nSPS) is 16.2. The molecule has 1 aromatic carbocycles. The highest BCUT2D eigenvalue weighted by atomic mass is 32.1. The van der Waals surface area contributed by atoms with E-state index < -0.39 is 12.0 Å². The molecule has 166 valence electrons. The molecule has 0 radical (unpaired) electrons. The molecule has 0 aliphatic carbocycles. The number of allylic oxidation sites excluding steroid dienone is 1. The van der Waals surface area contributed by atoms with Gasteiger partial charge in [0.25, 0.3) is 5.56 Å². The average molecular weight is 469 g/mol. The second-order valence-corrected chi connectivity index (χ2v) is 9.54. The van der Waals surface area contributed by atoms with Crippen LogP contribution in [0.1, 0.15) is 44.2 Å². The van der Waals surface area contributed by atoms with Crippen molar-refractivity contribution in [2.75, 3.05) is 6.61 Å². The maximum atomic E-state index is 13.5. The molecule has 0 N–H and O–H groups in total. The third-order valence-electron chi connectivity index (χ3n) is 4.90. The van der Waals surface area contributed by atoms with Gasteiger partial charge in [0.1, 0.15) is 5.75 Å². The van der Waals surface area contributed by atoms with E-state index in [0.29, 0.717) is 20.6 Å². The van der Waals surface area contributed by atoms with E-state index >= 15 is 0 Å². The van der Waals surface area contributed by atoms with Gasteiger partial charge in [-0.25, -0.2) is 9.79 Å². The van der Waals surface area contributed by atoms with Gasteiger partial charge in [-0.15, -0.1) is 11.3 Å². The van der Waals surface area contributed by atoms with E-state index in [2.05, 4.69) is 4.99 Å². The van der Waals surface area contributed by atoms with Gasteiger partial charge in [0.15, 0.2) is 4.80 Å². The highest BCUT2D eigenvalue weighted by Crippen LogP contribution is 2.31. The van der Waals surface area contributed by atoms with E-state index in [9.17, 15) is 9.59 Å². The van der Waals surface area contributed by atoms with Gasteiger partial charge in [-0.05, 0) is 62.9 Å². The van der Waals surface area contributed by atoms with Gasteiger partial charge in [-0.1, -0.05) is 29.5 Å². The third kappa shape index (κ3) is 4.33. The Morgan fingerprint density at radius 2 is 2.00 bits per heavy atom. The molecule has 1 aliphatic heterocycles. The molecule has 1 atom stereocenters. The topological polar surface area (TPSA) is 69.9 Å². The molecular weight excluding hydrogens is 444 g/mol. The quantitative estimate of drug-likeness (QED) is 0.518. The second kappa shape index (κ2) is 9.26. The van der Waals surface area contributed by atoms with E-state index in [4.69, 9.17) is 9.47 Å². The minimum absolute atomic E-state index is 0.0491. The standard InChI is InChI=1S/C24H24N2O4S2/c1-5-29-23(28)20-15(4)25-24-26(22(27)19(32-24)13-18-7-6-12-31-18)21(20)16-8-10-17(11-9-16)30-14(2)3/h6-14,21H,5H2,1-4H3/b19-13-. The summed E-state index contributed by atoms with van der Waals surface area (Å²) in [4.78, 5) is 32.5. The Labute approximate surface area is 193 Å². The van der Waals surface area contributed by atoms with Gasteiger partial charge in [0, 0.05) is 4.88 Å². The van der Waals surface area contributed by atoms with Crippen molar-refractivity contribution in [3.05, 3.63) is 83.2 Å². The summed E-state index contributed by atoms with van der Waals surface area (Å²) in [7, 11) is 0. The highest BCUT2D eigenvalue weighted by molar-refractivity contribution is 7.11. The summed E-state index contributed by atoms with van der Waals surface area (Å²) in [5, 5.41) is 1.97. The summed E-state index contributed by atoms with van der Waals surface area (Å²) >= 11 is 2.89. The smallest absolute Gasteiger partial charge is 0.338 e. The monoisotopic (exact) mass is 468 g/mol. The number of benzene rings is 1. The van der Waals surface area contributed by atoms with Crippen LogP contribution in [0.15, 0.2) is 62.8 Å². The van der Waals surface area contributed by atoms with Gasteiger partial charge in [0.2, 0.25) is 0 Å². The van der Waals surface area contributed by atoms with E-state index in [1.54, 1.807) is 29.8 Å². The number of aromatic nitrogens is 1. The SMILES string of the molecule is CCOC(=O)C1=C(C)N=c2s/c(=C\c3cccs3)c(=O)n2C1c1ccc(OC(C)C)cc1. The molecule has 4 rings (SSSR count). The van der Waals surface area contributed by atoms with Crippen LogP contribution in [0.3, 0.4) is 0 Å². The number of ether oxygens (including phenoxy) is 2. The van der Waals surface area contributed by atoms with Crippen molar-refractivity contribution in [2.24, 2.45) is 4.99 Å². The number of hydrogen-bond acceptors (Lipinski definition) is 7. The van der Waals surface area contributed by atoms with Crippen LogP contribution in [0.25, 0.3) is 6.08 Å². The van der Waals surface area contributed by atoms with Crippen molar-refractivity contribution in [2.45, 2.75) is 39.8 Å². The van der Waals surface area contributed by atoms with Crippen molar-refractivity contribution in [1.82, 2.24) is 4.57 Å². The molecule has 0 spiro atoms. The van der Waals surface area contributed by atoms with Crippen molar-refractivity contribution in [3.8, 4) is 5.75 Å². The molecule has 0 fully saturated rings. The first-order valence-electron chi connectivity index (χ1n) is 10.4. The summed E-state index contributed by atoms with van der Waals surface area (Å²) in [6.45, 7) is 7.71. The molecule has 0 amide bonds. The van der Waals surface area contributed by atoms with E-state index in [-0.39, 0.29) is 18.3 Å². The minimum Gasteiger partial charge on any atom is -0.491 e. The van der Waals surface area contributed by atoms with Crippen LogP contribution in [0.4, 0.5) is 0 Å². The number of carbonyl (C=O) groups excluding carboxylic acids is 1. The lowest BCUT2D eigenvalue weighted by atomic mass is 9.96. The number of hydrogen-bond donors (Lipinski definition) is 0. The zero-order valence-corrected chi connectivity index (χ0v) is 20.0. The summed E-state index contributed by atoms with van der Waals surface area (Å²) in [5.41, 5.74) is 1.55. The van der Waals surface area contributed by atoms with Crippen molar-refractivity contribution in [1.29, 1.82) is 0 Å². The number of fused-ring (bicyclic) bond motifs is 1. The first-order valence-corrected chi connectivity index (χ1v) is 12.1. The largest absolute Gasteiger partial charge is 0.491 e. The molecule has 1 unspecified atom stereocenters. The van der Waals surface area contributed by atoms with E-state index in [1.807, 2.05) is 61.7 Å². The summed E-state index contributed by atoms with van der Waals surface area (Å²) < 4.78 is 13.3. The van der Waals surface area contributed by atoms with Crippen molar-refractivity contribution >= 4 is 34.7 Å². The predicted octanol–water partition coefficient (Wildman–Crippen LogP) is 3.65. The van der Waals surface area contributed by atoms with Crippen LogP contribution in [0.5, 0.6) is 5.75 Å². The molecule has 2 aromatic heterocycles. The summed E-state index contributed by atoms with van der Waals surface area (Å²) in [6, 6.07) is 10.8. The van der Waals surface area contributed by atoms with Crippen LogP contribution >= 0.6 is 22.7 Å². The number of rotatable bonds is 6. The van der Waals surface area contributed by atoms with Crippen LogP contribution in [0.2, 0.25) is 0 Å².